The van der Waals surface area contributed by atoms with Crippen molar-refractivity contribution in [2.45, 2.75) is 104 Å². The number of aryl methyl sites for hydroxylation is 4. The number of nitrogen functional groups attached to an aromatic ring is 1. The Bertz CT molecular complexity index is 2660. The van der Waals surface area contributed by atoms with Crippen molar-refractivity contribution in [2.24, 2.45) is 11.8 Å². The third kappa shape index (κ3) is 19.6. The Morgan fingerprint density at radius 2 is 0.936 bits per heavy atom. The number of halogens is 1. The average Bonchev–Trinajstić information content (AvgIpc) is 3.44. The molecule has 2 fully saturated rings. The number of hydrogen-bond acceptors (Lipinski definition) is 13. The maximum absolute atomic E-state index is 13.2. The summed E-state index contributed by atoms with van der Waals surface area (Å²) in [4.78, 5) is 33.5. The van der Waals surface area contributed by atoms with Crippen LogP contribution in [0.2, 0.25) is 0 Å². The number of carbonyl (C=O) groups excluding carboxylic acids is 1. The molecule has 436 valence electrons. The van der Waals surface area contributed by atoms with Crippen LogP contribution >= 0.6 is 12.4 Å². The fraction of sp³-hybridized carbons (Fsp3) is 0.552. The standard InChI is InChI=1S/C29H44N4O4S.C16H27N3.C13H19NO5S.ClH/c1-7-32(8-2)21-24-13-17-33(18-14-24)26-11-9-25(10-12-26)30-28(34)15-16-31(5)38(35,36)29-22(3)19-27(37-6)20-23(29)4;1-3-18(4-2)13-14-9-11-19(12-10-14)16-7-5-15(17)6-8-16;1-9-7-11(19-4)8-10(2)13(9)20(17,18)14(3)6-5-12(15)16;/h9-12,19-20,24H,7-8,13-18,21H2,1-6H3,(H,30,34);5-8,14H,3-4,9-13,17H2,1-2H3;7-8H,5-6H2,1-4H3,(H,15,16);1H. The van der Waals surface area contributed by atoms with Crippen molar-refractivity contribution >= 4 is 67.1 Å². The molecule has 1 amide bonds. The number of benzene rings is 4. The lowest BCUT2D eigenvalue weighted by molar-refractivity contribution is -0.137. The van der Waals surface area contributed by atoms with Crippen LogP contribution in [0.25, 0.3) is 0 Å². The van der Waals surface area contributed by atoms with Crippen molar-refractivity contribution in [1.82, 2.24) is 18.4 Å². The first-order valence-corrected chi connectivity index (χ1v) is 30.0. The normalized spacial score (nSPS) is 14.4. The molecule has 17 nitrogen and oxygen atoms in total. The fourth-order valence-electron chi connectivity index (χ4n) is 10.0. The van der Waals surface area contributed by atoms with Crippen molar-refractivity contribution in [2.75, 3.05) is 128 Å². The average molecular weight is 1140 g/mol. The summed E-state index contributed by atoms with van der Waals surface area (Å²) in [5.74, 6) is 1.57. The Morgan fingerprint density at radius 3 is 1.26 bits per heavy atom. The largest absolute Gasteiger partial charge is 0.497 e. The Labute approximate surface area is 473 Å². The zero-order valence-electron chi connectivity index (χ0n) is 48.5. The van der Waals surface area contributed by atoms with Gasteiger partial charge in [0.25, 0.3) is 0 Å². The minimum atomic E-state index is -3.74. The van der Waals surface area contributed by atoms with Gasteiger partial charge in [-0.05, 0) is 186 Å². The molecular weight excluding hydrogens is 1050 g/mol. The van der Waals surface area contributed by atoms with E-state index >= 15 is 0 Å². The van der Waals surface area contributed by atoms with E-state index in [1.165, 1.54) is 102 Å². The van der Waals surface area contributed by atoms with Crippen LogP contribution in [0.3, 0.4) is 0 Å². The molecule has 0 aromatic heterocycles. The van der Waals surface area contributed by atoms with Gasteiger partial charge in [-0.15, -0.1) is 12.4 Å². The van der Waals surface area contributed by atoms with Gasteiger partial charge in [-0.25, -0.2) is 25.4 Å². The third-order valence-corrected chi connectivity index (χ3v) is 19.1. The number of methoxy groups -OCH3 is 2. The number of nitrogens with one attached hydrogen (secondary N) is 1. The van der Waals surface area contributed by atoms with Gasteiger partial charge in [0.05, 0.1) is 30.4 Å². The first-order chi connectivity index (χ1) is 36.5. The SMILES string of the molecule is CCN(CC)CC1CCN(c2ccc(N)cc2)CC1.CCN(CC)CC1CCN(c2ccc(NC(=O)CCN(C)S(=O)(=O)c3c(C)cc(OC)cc3C)cc2)CC1.COc1cc(C)c(S(=O)(=O)N(C)CCC(=O)O)c(C)c1.Cl. The molecule has 6 rings (SSSR count). The molecule has 4 aromatic carbocycles. The predicted octanol–water partition coefficient (Wildman–Crippen LogP) is 9.18. The molecule has 0 saturated carbocycles. The molecule has 2 aliphatic heterocycles. The fourth-order valence-corrected chi connectivity index (χ4v) is 13.2. The summed E-state index contributed by atoms with van der Waals surface area (Å²) in [6, 6.07) is 22.9. The number of carbonyl (C=O) groups is 2. The number of ether oxygens (including phenoxy) is 2. The molecule has 20 heteroatoms. The van der Waals surface area contributed by atoms with E-state index < -0.39 is 26.0 Å². The maximum Gasteiger partial charge on any atom is 0.304 e. The first kappa shape index (κ1) is 67.1. The maximum atomic E-state index is 13.2. The van der Waals surface area contributed by atoms with Crippen molar-refractivity contribution in [3.8, 4) is 11.5 Å². The van der Waals surface area contributed by atoms with Crippen LogP contribution in [-0.4, -0.2) is 159 Å². The summed E-state index contributed by atoms with van der Waals surface area (Å²) in [5.41, 5.74) is 12.2. The van der Waals surface area contributed by atoms with Crippen LogP contribution < -0.4 is 30.3 Å². The molecule has 4 N–H and O–H groups in total. The van der Waals surface area contributed by atoms with Gasteiger partial charge in [-0.3, -0.25) is 9.59 Å². The second-order valence-electron chi connectivity index (χ2n) is 20.2. The molecule has 78 heavy (non-hydrogen) atoms. The number of anilines is 4. The smallest absolute Gasteiger partial charge is 0.304 e. The monoisotopic (exact) mass is 1140 g/mol. The molecule has 2 heterocycles. The number of amides is 1. The number of carboxylic acid groups (broad SMARTS) is 1. The van der Waals surface area contributed by atoms with Crippen LogP contribution in [-0.2, 0) is 29.6 Å². The summed E-state index contributed by atoms with van der Waals surface area (Å²) in [5, 5.41) is 11.5. The summed E-state index contributed by atoms with van der Waals surface area (Å²) in [6.45, 7) is 27.3. The van der Waals surface area contributed by atoms with Crippen LogP contribution in [0.1, 0.15) is 88.5 Å². The van der Waals surface area contributed by atoms with Gasteiger partial charge in [0.1, 0.15) is 11.5 Å². The van der Waals surface area contributed by atoms with Gasteiger partial charge in [-0.1, -0.05) is 27.7 Å². The van der Waals surface area contributed by atoms with Crippen molar-refractivity contribution in [3.05, 3.63) is 95.1 Å². The molecule has 0 bridgehead atoms. The number of hydrogen-bond donors (Lipinski definition) is 3. The minimum absolute atomic E-state index is 0. The van der Waals surface area contributed by atoms with Crippen LogP contribution in [0.4, 0.5) is 22.7 Å². The predicted molar refractivity (Wildman–Crippen MR) is 320 cm³/mol. The quantitative estimate of drug-likeness (QED) is 0.0594. The summed E-state index contributed by atoms with van der Waals surface area (Å²) in [6.07, 6.45) is 4.83. The summed E-state index contributed by atoms with van der Waals surface area (Å²) < 4.78 is 64.0. The zero-order chi connectivity index (χ0) is 57.0. The molecule has 2 saturated heterocycles. The van der Waals surface area contributed by atoms with Crippen LogP contribution in [0, 0.1) is 39.5 Å². The lowest BCUT2D eigenvalue weighted by atomic mass is 9.95. The van der Waals surface area contributed by atoms with Gasteiger partial charge in [0.15, 0.2) is 0 Å². The number of rotatable bonds is 23. The Balaban J connectivity index is 0.000000337. The van der Waals surface area contributed by atoms with Gasteiger partial charge < -0.3 is 45.2 Å². The van der Waals surface area contributed by atoms with Gasteiger partial charge in [-0.2, -0.15) is 0 Å². The van der Waals surface area contributed by atoms with E-state index in [-0.39, 0.29) is 54.0 Å². The summed E-state index contributed by atoms with van der Waals surface area (Å²) >= 11 is 0. The van der Waals surface area contributed by atoms with Crippen molar-refractivity contribution < 1.29 is 41.0 Å². The van der Waals surface area contributed by atoms with E-state index in [1.807, 2.05) is 36.4 Å². The molecule has 0 aliphatic carbocycles. The Kier molecular flexibility index (Phi) is 27.7. The lowest BCUT2D eigenvalue weighted by Crippen LogP contribution is -2.38. The molecule has 4 aromatic rings. The molecule has 0 atom stereocenters. The van der Waals surface area contributed by atoms with Crippen LogP contribution in [0.5, 0.6) is 11.5 Å². The van der Waals surface area contributed by atoms with E-state index in [4.69, 9.17) is 20.3 Å². The number of piperidine rings is 2. The Morgan fingerprint density at radius 1 is 0.603 bits per heavy atom. The summed E-state index contributed by atoms with van der Waals surface area (Å²) in [7, 11) is -1.49. The van der Waals surface area contributed by atoms with Gasteiger partial charge in [0.2, 0.25) is 26.0 Å². The van der Waals surface area contributed by atoms with E-state index in [0.29, 0.717) is 39.4 Å². The topological polar surface area (TPSA) is 199 Å². The molecule has 2 aliphatic rings. The lowest BCUT2D eigenvalue weighted by Gasteiger charge is -2.35. The number of aliphatic carboxylic acids is 1. The number of sulfonamides is 2. The van der Waals surface area contributed by atoms with Gasteiger partial charge in [0, 0.05) is 95.6 Å². The number of carboxylic acids is 1. The highest BCUT2D eigenvalue weighted by atomic mass is 35.5. The van der Waals surface area contributed by atoms with E-state index in [9.17, 15) is 26.4 Å². The number of nitrogens with two attached hydrogens (primary N) is 1. The second kappa shape index (κ2) is 32.2. The second-order valence-corrected chi connectivity index (χ2v) is 24.2. The highest BCUT2D eigenvalue weighted by molar-refractivity contribution is 7.89. The van der Waals surface area contributed by atoms with E-state index in [0.717, 1.165) is 48.0 Å². The van der Waals surface area contributed by atoms with Crippen LogP contribution in [0.15, 0.2) is 82.6 Å². The highest BCUT2D eigenvalue weighted by Crippen LogP contribution is 2.31. The molecule has 0 unspecified atom stereocenters. The van der Waals surface area contributed by atoms with Crippen molar-refractivity contribution in [3.63, 3.8) is 0 Å². The Hall–Kier alpha value is -5.15. The van der Waals surface area contributed by atoms with Crippen molar-refractivity contribution in [1.29, 1.82) is 0 Å². The third-order valence-electron chi connectivity index (χ3n) is 14.8. The molecule has 0 spiro atoms. The zero-order valence-corrected chi connectivity index (χ0v) is 51.0. The molecule has 0 radical (unpaired) electrons. The molecular formula is C58H91ClN8O9S2. The van der Waals surface area contributed by atoms with E-state index in [1.54, 1.807) is 59.1 Å². The highest BCUT2D eigenvalue weighted by Gasteiger charge is 2.28. The van der Waals surface area contributed by atoms with E-state index in [2.05, 4.69) is 64.7 Å². The van der Waals surface area contributed by atoms with Gasteiger partial charge >= 0.3 is 5.97 Å². The first-order valence-electron chi connectivity index (χ1n) is 27.2. The minimum Gasteiger partial charge on any atom is -0.497 e. The number of nitrogens with zero attached hydrogens (tertiary/aromatic N) is 6.